The highest BCUT2D eigenvalue weighted by Gasteiger charge is 2.33. The number of primary amides is 1. The molecule has 1 atom stereocenters. The van der Waals surface area contributed by atoms with Crippen molar-refractivity contribution >= 4 is 34.9 Å². The molecule has 10 heteroatoms. The number of anilines is 1. The van der Waals surface area contributed by atoms with E-state index in [1.54, 1.807) is 12.1 Å². The second-order valence-electron chi connectivity index (χ2n) is 7.97. The molecule has 2 aromatic rings. The molecule has 1 saturated carbocycles. The summed E-state index contributed by atoms with van der Waals surface area (Å²) in [7, 11) is 0. The lowest BCUT2D eigenvalue weighted by atomic mass is 9.95. The van der Waals surface area contributed by atoms with Crippen LogP contribution in [0.1, 0.15) is 71.2 Å². The smallest absolute Gasteiger partial charge is 0.270 e. The highest BCUT2D eigenvalue weighted by atomic mass is 32.1. The van der Waals surface area contributed by atoms with Crippen molar-refractivity contribution in [3.8, 4) is 0 Å². The summed E-state index contributed by atoms with van der Waals surface area (Å²) < 4.78 is 17.3. The molecule has 1 aromatic heterocycles. The summed E-state index contributed by atoms with van der Waals surface area (Å²) >= 11 is 0.770. The van der Waals surface area contributed by atoms with Gasteiger partial charge in [-0.1, -0.05) is 38.3 Å². The Morgan fingerprint density at radius 2 is 1.88 bits per heavy atom. The first kappa shape index (κ1) is 23.6. The van der Waals surface area contributed by atoms with Gasteiger partial charge in [-0.3, -0.25) is 14.4 Å². The number of carbonyl (C=O) groups excluding carboxylic acids is 3. The number of nitrogen functional groups attached to an aromatic ring is 1. The quantitative estimate of drug-likeness (QED) is 0.556. The number of nitrogens with zero attached hydrogens (tertiary/aromatic N) is 2. The zero-order valence-corrected chi connectivity index (χ0v) is 18.8. The zero-order valence-electron chi connectivity index (χ0n) is 18.0. The Kier molecular flexibility index (Phi) is 7.79. The van der Waals surface area contributed by atoms with E-state index in [1.165, 1.54) is 17.0 Å². The SMILES string of the molecule is CCC(C(=O)NC1CCCCC1)N(Cc1ccc(F)cc1)C(=O)c1snc(C(N)=O)c1N. The van der Waals surface area contributed by atoms with Crippen molar-refractivity contribution in [1.29, 1.82) is 0 Å². The molecule has 1 fully saturated rings. The summed E-state index contributed by atoms with van der Waals surface area (Å²) in [4.78, 5) is 39.6. The van der Waals surface area contributed by atoms with E-state index in [2.05, 4.69) is 9.69 Å². The lowest BCUT2D eigenvalue weighted by molar-refractivity contribution is -0.126. The van der Waals surface area contributed by atoms with Gasteiger partial charge in [0.1, 0.15) is 16.7 Å². The fourth-order valence-electron chi connectivity index (χ4n) is 3.96. The third-order valence-electron chi connectivity index (χ3n) is 5.70. The lowest BCUT2D eigenvalue weighted by Crippen LogP contribution is -2.51. The maximum absolute atomic E-state index is 13.5. The number of rotatable bonds is 8. The van der Waals surface area contributed by atoms with Crippen molar-refractivity contribution in [2.75, 3.05) is 5.73 Å². The molecule has 0 radical (unpaired) electrons. The van der Waals surface area contributed by atoms with Gasteiger partial charge in [0.25, 0.3) is 11.8 Å². The number of nitrogens with two attached hydrogens (primary N) is 2. The second kappa shape index (κ2) is 10.5. The monoisotopic (exact) mass is 461 g/mol. The molecule has 1 aliphatic rings. The van der Waals surface area contributed by atoms with Gasteiger partial charge >= 0.3 is 0 Å². The van der Waals surface area contributed by atoms with Gasteiger partial charge in [-0.05, 0) is 48.5 Å². The van der Waals surface area contributed by atoms with Crippen molar-refractivity contribution in [3.63, 3.8) is 0 Å². The van der Waals surface area contributed by atoms with E-state index in [0.717, 1.165) is 43.6 Å². The number of hydrogen-bond acceptors (Lipinski definition) is 6. The molecule has 1 aromatic carbocycles. The molecule has 0 bridgehead atoms. The third-order valence-corrected chi connectivity index (χ3v) is 6.55. The molecule has 1 aliphatic carbocycles. The van der Waals surface area contributed by atoms with Gasteiger partial charge in [0.05, 0.1) is 5.69 Å². The van der Waals surface area contributed by atoms with Crippen molar-refractivity contribution in [2.45, 2.75) is 64.1 Å². The van der Waals surface area contributed by atoms with Crippen LogP contribution in [0.3, 0.4) is 0 Å². The lowest BCUT2D eigenvalue weighted by Gasteiger charge is -2.32. The number of benzene rings is 1. The minimum absolute atomic E-state index is 0.0461. The maximum atomic E-state index is 13.5. The van der Waals surface area contributed by atoms with Crippen molar-refractivity contribution < 1.29 is 18.8 Å². The molecule has 1 unspecified atom stereocenters. The first-order valence-corrected chi connectivity index (χ1v) is 11.5. The van der Waals surface area contributed by atoms with Crippen LogP contribution >= 0.6 is 11.5 Å². The van der Waals surface area contributed by atoms with Gasteiger partial charge < -0.3 is 21.7 Å². The first-order valence-electron chi connectivity index (χ1n) is 10.7. The first-order chi connectivity index (χ1) is 15.3. The van der Waals surface area contributed by atoms with Crippen LogP contribution < -0.4 is 16.8 Å². The molecule has 0 spiro atoms. The summed E-state index contributed by atoms with van der Waals surface area (Å²) in [6, 6.07) is 5.04. The van der Waals surface area contributed by atoms with Gasteiger partial charge in [-0.2, -0.15) is 4.37 Å². The summed E-state index contributed by atoms with van der Waals surface area (Å²) in [5.41, 5.74) is 11.6. The minimum Gasteiger partial charge on any atom is -0.395 e. The Balaban J connectivity index is 1.90. The highest BCUT2D eigenvalue weighted by Crippen LogP contribution is 2.26. The number of aromatic nitrogens is 1. The van der Waals surface area contributed by atoms with Gasteiger partial charge in [0, 0.05) is 12.6 Å². The molecule has 0 saturated heterocycles. The molecule has 8 nitrogen and oxygen atoms in total. The average Bonchev–Trinajstić information content (AvgIpc) is 3.16. The predicted molar refractivity (Wildman–Crippen MR) is 120 cm³/mol. The normalized spacial score (nSPS) is 15.2. The summed E-state index contributed by atoms with van der Waals surface area (Å²) in [5, 5.41) is 3.08. The number of hydrogen-bond donors (Lipinski definition) is 3. The standard InChI is InChI=1S/C22H28FN5O3S/c1-2-16(21(30)26-15-6-4-3-5-7-15)28(12-13-8-10-14(23)11-9-13)22(31)19-17(24)18(20(25)29)27-32-19/h8-11,15-16H,2-7,12,24H2,1H3,(H2,25,29)(H,26,30). The molecule has 3 amide bonds. The Bertz CT molecular complexity index is 972. The average molecular weight is 462 g/mol. The van der Waals surface area contributed by atoms with Crippen LogP contribution in [0.4, 0.5) is 10.1 Å². The fraction of sp³-hybridized carbons (Fsp3) is 0.455. The number of nitrogens with one attached hydrogen (secondary N) is 1. The maximum Gasteiger partial charge on any atom is 0.270 e. The molecule has 5 N–H and O–H groups in total. The Morgan fingerprint density at radius 1 is 1.22 bits per heavy atom. The van der Waals surface area contributed by atoms with Crippen LogP contribution in [0.25, 0.3) is 0 Å². The summed E-state index contributed by atoms with van der Waals surface area (Å²) in [6.07, 6.45) is 5.48. The van der Waals surface area contributed by atoms with Gasteiger partial charge in [0.2, 0.25) is 5.91 Å². The topological polar surface area (TPSA) is 131 Å². The Labute approximate surface area is 190 Å². The van der Waals surface area contributed by atoms with E-state index in [-0.39, 0.29) is 34.8 Å². The van der Waals surface area contributed by atoms with Gasteiger partial charge in [-0.25, -0.2) is 4.39 Å². The number of halogens is 1. The van der Waals surface area contributed by atoms with Crippen molar-refractivity contribution in [3.05, 3.63) is 46.2 Å². The molecule has 1 heterocycles. The Morgan fingerprint density at radius 3 is 2.44 bits per heavy atom. The summed E-state index contributed by atoms with van der Waals surface area (Å²) in [6.45, 7) is 1.89. The van der Waals surface area contributed by atoms with E-state index in [1.807, 2.05) is 6.92 Å². The van der Waals surface area contributed by atoms with E-state index >= 15 is 0 Å². The molecule has 32 heavy (non-hydrogen) atoms. The van der Waals surface area contributed by atoms with Gasteiger partial charge in [0.15, 0.2) is 5.69 Å². The zero-order chi connectivity index (χ0) is 23.3. The van der Waals surface area contributed by atoms with Crippen LogP contribution in [0, 0.1) is 5.82 Å². The second-order valence-corrected chi connectivity index (χ2v) is 8.74. The van der Waals surface area contributed by atoms with Crippen LogP contribution in [0.2, 0.25) is 0 Å². The largest absolute Gasteiger partial charge is 0.395 e. The van der Waals surface area contributed by atoms with Crippen LogP contribution in [-0.2, 0) is 11.3 Å². The van der Waals surface area contributed by atoms with Gasteiger partial charge in [-0.15, -0.1) is 0 Å². The van der Waals surface area contributed by atoms with E-state index < -0.39 is 23.7 Å². The minimum atomic E-state index is -0.829. The number of carbonyl (C=O) groups is 3. The van der Waals surface area contributed by atoms with E-state index in [9.17, 15) is 18.8 Å². The molecule has 3 rings (SSSR count). The molecule has 172 valence electrons. The van der Waals surface area contributed by atoms with E-state index in [0.29, 0.717) is 12.0 Å². The predicted octanol–water partition coefficient (Wildman–Crippen LogP) is 2.83. The highest BCUT2D eigenvalue weighted by molar-refractivity contribution is 7.09. The van der Waals surface area contributed by atoms with Crippen molar-refractivity contribution in [1.82, 2.24) is 14.6 Å². The summed E-state index contributed by atoms with van der Waals surface area (Å²) in [5.74, 6) is -1.99. The van der Waals surface area contributed by atoms with E-state index in [4.69, 9.17) is 11.5 Å². The molecular formula is C22H28FN5O3S. The fourth-order valence-corrected chi connectivity index (χ4v) is 4.72. The van der Waals surface area contributed by atoms with Crippen molar-refractivity contribution in [2.24, 2.45) is 5.73 Å². The van der Waals surface area contributed by atoms with Crippen LogP contribution in [0.5, 0.6) is 0 Å². The Hall–Kier alpha value is -3.01. The van der Waals surface area contributed by atoms with Crippen LogP contribution in [-0.4, -0.2) is 39.1 Å². The molecular weight excluding hydrogens is 433 g/mol. The van der Waals surface area contributed by atoms with Crippen LogP contribution in [0.15, 0.2) is 24.3 Å². The molecule has 0 aliphatic heterocycles. The third kappa shape index (κ3) is 5.42. The number of amides is 3.